The summed E-state index contributed by atoms with van der Waals surface area (Å²) in [6.45, 7) is 6.88. The van der Waals surface area contributed by atoms with Gasteiger partial charge < -0.3 is 44.1 Å². The smallest absolute Gasteiger partial charge is 0.394 e. The van der Waals surface area contributed by atoms with Gasteiger partial charge in [0.2, 0.25) is 0 Å². The lowest BCUT2D eigenvalue weighted by Gasteiger charge is -2.41. The number of alkyl halides is 7. The lowest BCUT2D eigenvalue weighted by atomic mass is 9.73. The molecule has 0 amide bonds. The van der Waals surface area contributed by atoms with Gasteiger partial charge in [0.1, 0.15) is 31.0 Å². The molecule has 43 heavy (non-hydrogen) atoms. The SMILES string of the molecule is CCC(C)(CC(C)(C)C)C(O)O[C@H](CO)C1OC2OC3(CCC(C(O)OCC(F)(F)C(F)(F)C(F)(F)F)CC3)OC2C1O. The van der Waals surface area contributed by atoms with Crippen LogP contribution in [0.5, 0.6) is 0 Å². The lowest BCUT2D eigenvalue weighted by molar-refractivity contribution is -0.367. The number of ether oxygens (including phenoxy) is 5. The fourth-order valence-corrected chi connectivity index (χ4v) is 6.05. The molecule has 1 spiro atoms. The Morgan fingerprint density at radius 2 is 1.53 bits per heavy atom. The first kappa shape index (κ1) is 36.6. The quantitative estimate of drug-likeness (QED) is 0.184. The molecule has 1 saturated carbocycles. The zero-order valence-electron chi connectivity index (χ0n) is 24.8. The van der Waals surface area contributed by atoms with Gasteiger partial charge in [-0.15, -0.1) is 0 Å². The number of hydrogen-bond acceptors (Lipinski definition) is 9. The highest BCUT2D eigenvalue weighted by Gasteiger charge is 2.73. The molecule has 0 radical (unpaired) electrons. The molecule has 4 N–H and O–H groups in total. The monoisotopic (exact) mass is 644 g/mol. The molecule has 2 saturated heterocycles. The fourth-order valence-electron chi connectivity index (χ4n) is 6.05. The van der Waals surface area contributed by atoms with Crippen LogP contribution in [0.25, 0.3) is 0 Å². The molecule has 2 heterocycles. The van der Waals surface area contributed by atoms with Gasteiger partial charge in [0, 0.05) is 24.2 Å². The van der Waals surface area contributed by atoms with Gasteiger partial charge in [-0.1, -0.05) is 34.6 Å². The Morgan fingerprint density at radius 3 is 2.00 bits per heavy atom. The van der Waals surface area contributed by atoms with Crippen molar-refractivity contribution in [2.75, 3.05) is 13.2 Å². The van der Waals surface area contributed by atoms with Crippen molar-refractivity contribution < 1.29 is 74.8 Å². The highest BCUT2D eigenvalue weighted by molar-refractivity contribution is 4.99. The van der Waals surface area contributed by atoms with Gasteiger partial charge in [-0.3, -0.25) is 0 Å². The molecular formula is C27H43F7O9. The summed E-state index contributed by atoms with van der Waals surface area (Å²) in [6, 6.07) is 0. The summed E-state index contributed by atoms with van der Waals surface area (Å²) in [5.41, 5.74) is -0.793. The van der Waals surface area contributed by atoms with E-state index in [0.29, 0.717) is 12.8 Å². The molecule has 0 bridgehead atoms. The van der Waals surface area contributed by atoms with Gasteiger partial charge in [-0.25, -0.2) is 0 Å². The van der Waals surface area contributed by atoms with Crippen LogP contribution in [0.3, 0.4) is 0 Å². The molecule has 3 aliphatic rings. The molecule has 3 fully saturated rings. The first-order chi connectivity index (χ1) is 19.5. The average Bonchev–Trinajstić information content (AvgIpc) is 3.38. The standard InChI is InChI=1S/C27H43F7O9/c1-6-23(5,12-22(2,3)4)21(38)40-15(11-35)17-16(36)18-20(41-17)43-24(42-18)9-7-14(8-10-24)19(37)39-13-25(28,29)26(30,31)27(32,33)34/h14-21,35-38H,6-13H2,1-5H3/t14?,15-,16?,17?,18?,19?,20?,21?,23?,24?/m1/s1. The van der Waals surface area contributed by atoms with Crippen molar-refractivity contribution in [2.45, 2.75) is 140 Å². The summed E-state index contributed by atoms with van der Waals surface area (Å²) in [7, 11) is 0. The van der Waals surface area contributed by atoms with Crippen molar-refractivity contribution in [3.05, 3.63) is 0 Å². The van der Waals surface area contributed by atoms with E-state index in [9.17, 15) is 51.2 Å². The van der Waals surface area contributed by atoms with Gasteiger partial charge in [0.05, 0.1) is 6.61 Å². The second-order valence-electron chi connectivity index (χ2n) is 13.3. The number of aliphatic hydroxyl groups is 4. The summed E-state index contributed by atoms with van der Waals surface area (Å²) in [6.07, 6.45) is -14.3. The molecule has 16 heteroatoms. The van der Waals surface area contributed by atoms with Crippen LogP contribution in [-0.4, -0.2) is 101 Å². The van der Waals surface area contributed by atoms with Crippen molar-refractivity contribution >= 4 is 0 Å². The average molecular weight is 645 g/mol. The molecule has 254 valence electrons. The molecule has 9 nitrogen and oxygen atoms in total. The van der Waals surface area contributed by atoms with E-state index in [1.165, 1.54) is 0 Å². The Hall–Kier alpha value is -0.850. The van der Waals surface area contributed by atoms with Crippen molar-refractivity contribution in [3.63, 3.8) is 0 Å². The highest BCUT2D eigenvalue weighted by atomic mass is 19.4. The first-order valence-corrected chi connectivity index (χ1v) is 14.3. The summed E-state index contributed by atoms with van der Waals surface area (Å²) in [5, 5.41) is 42.0. The predicted octanol–water partition coefficient (Wildman–Crippen LogP) is 4.09. The second-order valence-corrected chi connectivity index (χ2v) is 13.3. The Balaban J connectivity index is 1.54. The Kier molecular flexibility index (Phi) is 10.9. The predicted molar refractivity (Wildman–Crippen MR) is 134 cm³/mol. The maximum atomic E-state index is 13.5. The summed E-state index contributed by atoms with van der Waals surface area (Å²) >= 11 is 0. The number of fused-ring (bicyclic) bond motifs is 1. The maximum absolute atomic E-state index is 13.5. The van der Waals surface area contributed by atoms with Crippen molar-refractivity contribution in [3.8, 4) is 0 Å². The lowest BCUT2D eigenvalue weighted by Crippen LogP contribution is -2.55. The van der Waals surface area contributed by atoms with E-state index >= 15 is 0 Å². The molecule has 8 atom stereocenters. The zero-order chi connectivity index (χ0) is 32.8. The summed E-state index contributed by atoms with van der Waals surface area (Å²) in [5.74, 6) is -14.2. The molecule has 7 unspecified atom stereocenters. The Bertz CT molecular complexity index is 923. The topological polar surface area (TPSA) is 127 Å². The van der Waals surface area contributed by atoms with E-state index in [-0.39, 0.29) is 31.1 Å². The van der Waals surface area contributed by atoms with Crippen LogP contribution in [0.1, 0.15) is 73.1 Å². The van der Waals surface area contributed by atoms with Gasteiger partial charge in [0.25, 0.3) is 0 Å². The first-order valence-electron chi connectivity index (χ1n) is 14.3. The Morgan fingerprint density at radius 1 is 0.953 bits per heavy atom. The molecule has 0 aromatic heterocycles. The summed E-state index contributed by atoms with van der Waals surface area (Å²) in [4.78, 5) is 0. The van der Waals surface area contributed by atoms with E-state index < -0.39 is 91.6 Å². The van der Waals surface area contributed by atoms with Crippen LogP contribution >= 0.6 is 0 Å². The third-order valence-electron chi connectivity index (χ3n) is 8.55. The summed E-state index contributed by atoms with van der Waals surface area (Å²) < 4.78 is 118. The highest BCUT2D eigenvalue weighted by Crippen LogP contribution is 2.49. The molecule has 1 aliphatic carbocycles. The molecule has 0 aromatic rings. The molecule has 3 rings (SSSR count). The number of hydrogen-bond donors (Lipinski definition) is 4. The van der Waals surface area contributed by atoms with Crippen LogP contribution in [0.2, 0.25) is 0 Å². The Labute approximate surface area is 245 Å². The zero-order valence-corrected chi connectivity index (χ0v) is 24.8. The number of rotatable bonds is 12. The molecular weight excluding hydrogens is 601 g/mol. The molecule has 0 aromatic carbocycles. The van der Waals surface area contributed by atoms with Gasteiger partial charge >= 0.3 is 18.0 Å². The second kappa shape index (κ2) is 12.7. The van der Waals surface area contributed by atoms with Crippen LogP contribution in [-0.2, 0) is 23.7 Å². The normalized spacial score (nSPS) is 34.2. The van der Waals surface area contributed by atoms with Crippen molar-refractivity contribution in [1.82, 2.24) is 0 Å². The van der Waals surface area contributed by atoms with Crippen LogP contribution in [0.4, 0.5) is 30.7 Å². The largest absolute Gasteiger partial charge is 0.459 e. The maximum Gasteiger partial charge on any atom is 0.459 e. The van der Waals surface area contributed by atoms with Crippen molar-refractivity contribution in [2.24, 2.45) is 16.7 Å². The van der Waals surface area contributed by atoms with E-state index in [1.54, 1.807) is 0 Å². The number of aliphatic hydroxyl groups excluding tert-OH is 4. The molecule has 2 aliphatic heterocycles. The van der Waals surface area contributed by atoms with Crippen LogP contribution in [0, 0.1) is 16.7 Å². The van der Waals surface area contributed by atoms with E-state index in [1.807, 2.05) is 34.6 Å². The minimum atomic E-state index is -6.51. The van der Waals surface area contributed by atoms with Gasteiger partial charge in [-0.2, -0.15) is 30.7 Å². The number of halogens is 7. The third-order valence-corrected chi connectivity index (χ3v) is 8.55. The van der Waals surface area contributed by atoms with E-state index in [2.05, 4.69) is 4.74 Å². The fraction of sp³-hybridized carbons (Fsp3) is 1.00. The van der Waals surface area contributed by atoms with E-state index in [0.717, 1.165) is 0 Å². The van der Waals surface area contributed by atoms with Crippen LogP contribution in [0.15, 0.2) is 0 Å². The van der Waals surface area contributed by atoms with Gasteiger partial charge in [0.15, 0.2) is 24.7 Å². The van der Waals surface area contributed by atoms with E-state index in [4.69, 9.17) is 18.9 Å². The van der Waals surface area contributed by atoms with Crippen LogP contribution < -0.4 is 0 Å². The minimum absolute atomic E-state index is 0.000683. The third kappa shape index (κ3) is 7.76. The van der Waals surface area contributed by atoms with Crippen molar-refractivity contribution in [1.29, 1.82) is 0 Å². The van der Waals surface area contributed by atoms with Gasteiger partial charge in [-0.05, 0) is 31.1 Å². The minimum Gasteiger partial charge on any atom is -0.394 e.